The van der Waals surface area contributed by atoms with Gasteiger partial charge in [-0.1, -0.05) is 23.2 Å². The summed E-state index contributed by atoms with van der Waals surface area (Å²) in [4.78, 5) is 11.0. The zero-order chi connectivity index (χ0) is 11.4. The van der Waals surface area contributed by atoms with Crippen molar-refractivity contribution in [3.63, 3.8) is 0 Å². The number of hydrogen-bond acceptors (Lipinski definition) is 2. The van der Waals surface area contributed by atoms with Gasteiger partial charge in [0.1, 0.15) is 0 Å². The topological polar surface area (TPSA) is 38.3 Å². The number of amides is 1. The van der Waals surface area contributed by atoms with E-state index in [4.69, 9.17) is 27.9 Å². The van der Waals surface area contributed by atoms with Crippen LogP contribution in [0.1, 0.15) is 0 Å². The molecule has 15 heavy (non-hydrogen) atoms. The second kappa shape index (κ2) is 5.58. The molecule has 6 heteroatoms. The molecule has 0 aromatic heterocycles. The number of rotatable bonds is 3. The second-order valence-corrected chi connectivity index (χ2v) is 4.36. The van der Waals surface area contributed by atoms with Crippen molar-refractivity contribution in [1.29, 1.82) is 0 Å². The van der Waals surface area contributed by atoms with Crippen LogP contribution in [0.15, 0.2) is 16.6 Å². The van der Waals surface area contributed by atoms with E-state index in [1.54, 1.807) is 12.1 Å². The first kappa shape index (κ1) is 12.6. The molecule has 1 rings (SSSR count). The van der Waals surface area contributed by atoms with Gasteiger partial charge in [-0.25, -0.2) is 0 Å². The number of ether oxygens (including phenoxy) is 1. The van der Waals surface area contributed by atoms with Crippen molar-refractivity contribution in [1.82, 2.24) is 5.32 Å². The Kier molecular flexibility index (Phi) is 4.70. The highest BCUT2D eigenvalue weighted by atomic mass is 79.9. The normalized spacial score (nSPS) is 9.87. The summed E-state index contributed by atoms with van der Waals surface area (Å²) >= 11 is 14.9. The molecule has 0 unspecified atom stereocenters. The number of hydrogen-bond donors (Lipinski definition) is 1. The highest BCUT2D eigenvalue weighted by Crippen LogP contribution is 2.35. The minimum absolute atomic E-state index is 0.0869. The van der Waals surface area contributed by atoms with Gasteiger partial charge in [-0.3, -0.25) is 4.79 Å². The van der Waals surface area contributed by atoms with Crippen molar-refractivity contribution in [3.8, 4) is 5.75 Å². The monoisotopic (exact) mass is 311 g/mol. The SMILES string of the molecule is CNC(=O)COc1c(Cl)cc(Cl)cc1Br. The molecule has 0 fully saturated rings. The third kappa shape index (κ3) is 3.55. The smallest absolute Gasteiger partial charge is 0.257 e. The molecule has 82 valence electrons. The summed E-state index contributed by atoms with van der Waals surface area (Å²) in [7, 11) is 1.53. The zero-order valence-corrected chi connectivity index (χ0v) is 10.9. The summed E-state index contributed by atoms with van der Waals surface area (Å²) < 4.78 is 5.84. The Morgan fingerprint density at radius 1 is 1.53 bits per heavy atom. The first-order valence-electron chi connectivity index (χ1n) is 4.02. The number of halogens is 3. The predicted molar refractivity (Wildman–Crippen MR) is 63.7 cm³/mol. The van der Waals surface area contributed by atoms with E-state index in [-0.39, 0.29) is 12.5 Å². The summed E-state index contributed by atoms with van der Waals surface area (Å²) in [5, 5.41) is 3.30. The molecular formula is C9H8BrCl2NO2. The number of carbonyl (C=O) groups is 1. The largest absolute Gasteiger partial charge is 0.481 e. The van der Waals surface area contributed by atoms with Gasteiger partial charge in [-0.05, 0) is 28.1 Å². The molecule has 0 aliphatic carbocycles. The third-order valence-electron chi connectivity index (χ3n) is 1.59. The number of nitrogens with one attached hydrogen (secondary N) is 1. The molecule has 0 aliphatic rings. The van der Waals surface area contributed by atoms with E-state index >= 15 is 0 Å². The Morgan fingerprint density at radius 2 is 2.20 bits per heavy atom. The molecule has 3 nitrogen and oxygen atoms in total. The average molecular weight is 313 g/mol. The van der Waals surface area contributed by atoms with Crippen LogP contribution < -0.4 is 10.1 Å². The van der Waals surface area contributed by atoms with Gasteiger partial charge in [0.2, 0.25) is 0 Å². The van der Waals surface area contributed by atoms with Crippen molar-refractivity contribution >= 4 is 45.0 Å². The van der Waals surface area contributed by atoms with Gasteiger partial charge in [0.15, 0.2) is 12.4 Å². The van der Waals surface area contributed by atoms with Gasteiger partial charge >= 0.3 is 0 Å². The Balaban J connectivity index is 2.81. The molecule has 0 spiro atoms. The Labute approximate surface area is 106 Å². The van der Waals surface area contributed by atoms with Crippen LogP contribution >= 0.6 is 39.1 Å². The number of likely N-dealkylation sites (N-methyl/N-ethyl adjacent to an activating group) is 1. The Bertz CT molecular complexity index is 361. The van der Waals surface area contributed by atoms with Crippen molar-refractivity contribution < 1.29 is 9.53 Å². The van der Waals surface area contributed by atoms with Crippen LogP contribution in [0.25, 0.3) is 0 Å². The molecule has 0 radical (unpaired) electrons. The minimum Gasteiger partial charge on any atom is -0.481 e. The van der Waals surface area contributed by atoms with Gasteiger partial charge in [-0.15, -0.1) is 0 Å². The Hall–Kier alpha value is -0.450. The van der Waals surface area contributed by atoms with Crippen LogP contribution in [-0.4, -0.2) is 19.6 Å². The van der Waals surface area contributed by atoms with Crippen LogP contribution in [0.3, 0.4) is 0 Å². The van der Waals surface area contributed by atoms with Gasteiger partial charge in [0.25, 0.3) is 5.91 Å². The van der Waals surface area contributed by atoms with E-state index in [9.17, 15) is 4.79 Å². The molecular weight excluding hydrogens is 305 g/mol. The second-order valence-electron chi connectivity index (χ2n) is 2.66. The van der Waals surface area contributed by atoms with Crippen molar-refractivity contribution in [2.24, 2.45) is 0 Å². The van der Waals surface area contributed by atoms with Crippen molar-refractivity contribution in [2.75, 3.05) is 13.7 Å². The number of carbonyl (C=O) groups excluding carboxylic acids is 1. The molecule has 0 aliphatic heterocycles. The molecule has 0 bridgehead atoms. The van der Waals surface area contributed by atoms with Crippen LogP contribution in [0.5, 0.6) is 5.75 Å². The summed E-state index contributed by atoms with van der Waals surface area (Å²) in [6, 6.07) is 3.19. The summed E-state index contributed by atoms with van der Waals surface area (Å²) in [6.07, 6.45) is 0. The maximum atomic E-state index is 11.0. The molecule has 0 atom stereocenters. The quantitative estimate of drug-likeness (QED) is 0.932. The fourth-order valence-electron chi connectivity index (χ4n) is 0.877. The molecule has 1 N–H and O–H groups in total. The lowest BCUT2D eigenvalue weighted by atomic mass is 10.3. The Morgan fingerprint density at radius 3 is 2.73 bits per heavy atom. The molecule has 0 heterocycles. The molecule has 1 aromatic carbocycles. The zero-order valence-electron chi connectivity index (χ0n) is 7.81. The van der Waals surface area contributed by atoms with E-state index in [0.717, 1.165) is 0 Å². The van der Waals surface area contributed by atoms with E-state index < -0.39 is 0 Å². The van der Waals surface area contributed by atoms with Gasteiger partial charge in [0, 0.05) is 12.1 Å². The fourth-order valence-corrected chi connectivity index (χ4v) is 2.25. The van der Waals surface area contributed by atoms with Crippen molar-refractivity contribution in [2.45, 2.75) is 0 Å². The van der Waals surface area contributed by atoms with E-state index in [1.807, 2.05) is 0 Å². The molecule has 0 saturated carbocycles. The first-order chi connectivity index (χ1) is 7.04. The predicted octanol–water partition coefficient (Wildman–Crippen LogP) is 2.88. The maximum Gasteiger partial charge on any atom is 0.257 e. The average Bonchev–Trinajstić information content (AvgIpc) is 2.15. The highest BCUT2D eigenvalue weighted by Gasteiger charge is 2.10. The summed E-state index contributed by atoms with van der Waals surface area (Å²) in [5.74, 6) is 0.178. The maximum absolute atomic E-state index is 11.0. The van der Waals surface area contributed by atoms with Crippen molar-refractivity contribution in [3.05, 3.63) is 26.7 Å². The summed E-state index contributed by atoms with van der Waals surface area (Å²) in [6.45, 7) is -0.0869. The molecule has 1 amide bonds. The van der Waals surface area contributed by atoms with Gasteiger partial charge in [0.05, 0.1) is 9.50 Å². The van der Waals surface area contributed by atoms with Crippen LogP contribution in [0, 0.1) is 0 Å². The number of benzene rings is 1. The lowest BCUT2D eigenvalue weighted by molar-refractivity contribution is -0.122. The van der Waals surface area contributed by atoms with Crippen LogP contribution in [0.4, 0.5) is 0 Å². The van der Waals surface area contributed by atoms with E-state index in [0.29, 0.717) is 20.3 Å². The van der Waals surface area contributed by atoms with Gasteiger partial charge in [-0.2, -0.15) is 0 Å². The molecule has 0 saturated heterocycles. The highest BCUT2D eigenvalue weighted by molar-refractivity contribution is 9.10. The first-order valence-corrected chi connectivity index (χ1v) is 5.57. The van der Waals surface area contributed by atoms with Gasteiger partial charge < -0.3 is 10.1 Å². The minimum atomic E-state index is -0.229. The lowest BCUT2D eigenvalue weighted by Gasteiger charge is -2.09. The standard InChI is InChI=1S/C9H8BrCl2NO2/c1-13-8(14)4-15-9-6(10)2-5(11)3-7(9)12/h2-3H,4H2,1H3,(H,13,14). The third-order valence-corrected chi connectivity index (χ3v) is 2.68. The van der Waals surface area contributed by atoms with E-state index in [1.165, 1.54) is 7.05 Å². The van der Waals surface area contributed by atoms with Crippen LogP contribution in [-0.2, 0) is 4.79 Å². The van der Waals surface area contributed by atoms with E-state index in [2.05, 4.69) is 21.2 Å². The van der Waals surface area contributed by atoms with Crippen LogP contribution in [0.2, 0.25) is 10.0 Å². The summed E-state index contributed by atoms with van der Waals surface area (Å²) in [5.41, 5.74) is 0. The fraction of sp³-hybridized carbons (Fsp3) is 0.222. The molecule has 1 aromatic rings. The lowest BCUT2D eigenvalue weighted by Crippen LogP contribution is -2.24.